The predicted octanol–water partition coefficient (Wildman–Crippen LogP) is 3.13. The van der Waals surface area contributed by atoms with Crippen molar-refractivity contribution in [3.8, 4) is 0 Å². The molecule has 0 heterocycles. The summed E-state index contributed by atoms with van der Waals surface area (Å²) in [5.74, 6) is -1.89. The summed E-state index contributed by atoms with van der Waals surface area (Å²) >= 11 is 6.08. The maximum Gasteiger partial charge on any atom is 0.326 e. The van der Waals surface area contributed by atoms with E-state index in [2.05, 4.69) is 5.32 Å². The number of carboxylic acid groups (broad SMARTS) is 1. The van der Waals surface area contributed by atoms with Gasteiger partial charge in [0.2, 0.25) is 5.91 Å². The number of hydrogen-bond acceptors (Lipinski definition) is 3. The minimum Gasteiger partial charge on any atom is -0.480 e. The Morgan fingerprint density at radius 3 is 2.26 bits per heavy atom. The van der Waals surface area contributed by atoms with E-state index < -0.39 is 29.9 Å². The summed E-state index contributed by atoms with van der Waals surface area (Å²) in [7, 11) is 1.43. The molecule has 0 aliphatic rings. The number of halogens is 1. The number of carbonyl (C=O) groups is 3. The molecule has 0 radical (unpaired) electrons. The Morgan fingerprint density at radius 1 is 1.07 bits per heavy atom. The first kappa shape index (κ1) is 20.5. The number of carbonyl (C=O) groups excluding carboxylic acids is 2. The Labute approximate surface area is 162 Å². The van der Waals surface area contributed by atoms with E-state index in [0.717, 1.165) is 10.5 Å². The molecule has 0 saturated carbocycles. The van der Waals surface area contributed by atoms with E-state index >= 15 is 0 Å². The van der Waals surface area contributed by atoms with Crippen molar-refractivity contribution in [2.75, 3.05) is 7.05 Å². The van der Waals surface area contributed by atoms with Gasteiger partial charge < -0.3 is 15.3 Å². The smallest absolute Gasteiger partial charge is 0.326 e. The van der Waals surface area contributed by atoms with Gasteiger partial charge in [0.15, 0.2) is 0 Å². The van der Waals surface area contributed by atoms with Crippen LogP contribution < -0.4 is 5.32 Å². The van der Waals surface area contributed by atoms with Crippen LogP contribution in [0.3, 0.4) is 0 Å². The first-order valence-electron chi connectivity index (χ1n) is 8.40. The predicted molar refractivity (Wildman–Crippen MR) is 103 cm³/mol. The molecular weight excluding hydrogens is 368 g/mol. The van der Waals surface area contributed by atoms with Crippen molar-refractivity contribution in [3.05, 3.63) is 70.7 Å². The topological polar surface area (TPSA) is 86.7 Å². The van der Waals surface area contributed by atoms with Crippen LogP contribution in [-0.4, -0.2) is 40.9 Å². The van der Waals surface area contributed by atoms with Crippen LogP contribution in [0, 0.1) is 0 Å². The van der Waals surface area contributed by atoms with Crippen molar-refractivity contribution in [2.45, 2.75) is 25.4 Å². The Morgan fingerprint density at radius 2 is 1.67 bits per heavy atom. The quantitative estimate of drug-likeness (QED) is 0.762. The third-order valence-corrected chi connectivity index (χ3v) is 4.67. The van der Waals surface area contributed by atoms with Gasteiger partial charge in [-0.2, -0.15) is 0 Å². The molecule has 0 spiro atoms. The molecule has 0 aliphatic heterocycles. The highest BCUT2D eigenvalue weighted by Gasteiger charge is 2.26. The van der Waals surface area contributed by atoms with Crippen LogP contribution in [0.15, 0.2) is 54.6 Å². The van der Waals surface area contributed by atoms with Gasteiger partial charge in [0.25, 0.3) is 5.91 Å². The first-order chi connectivity index (χ1) is 12.8. The van der Waals surface area contributed by atoms with Crippen molar-refractivity contribution < 1.29 is 19.5 Å². The summed E-state index contributed by atoms with van der Waals surface area (Å²) in [5, 5.41) is 12.2. The van der Waals surface area contributed by atoms with Crippen molar-refractivity contribution in [1.29, 1.82) is 0 Å². The average molecular weight is 389 g/mol. The lowest BCUT2D eigenvalue weighted by atomic mass is 10.0. The number of carboxylic acids is 1. The second kappa shape index (κ2) is 9.19. The molecule has 7 heteroatoms. The second-order valence-corrected chi connectivity index (χ2v) is 6.55. The fourth-order valence-corrected chi connectivity index (χ4v) is 2.74. The molecule has 2 rings (SSSR count). The molecule has 27 heavy (non-hydrogen) atoms. The molecule has 0 aromatic heterocycles. The molecule has 2 N–H and O–H groups in total. The van der Waals surface area contributed by atoms with Crippen LogP contribution in [0.4, 0.5) is 0 Å². The summed E-state index contributed by atoms with van der Waals surface area (Å²) in [6.45, 7) is 1.43. The van der Waals surface area contributed by atoms with E-state index in [1.807, 2.05) is 6.07 Å². The minimum absolute atomic E-state index is 0.0751. The maximum atomic E-state index is 12.6. The van der Waals surface area contributed by atoms with E-state index in [0.29, 0.717) is 10.6 Å². The van der Waals surface area contributed by atoms with E-state index in [9.17, 15) is 14.4 Å². The van der Waals surface area contributed by atoms with Gasteiger partial charge >= 0.3 is 5.97 Å². The average Bonchev–Trinajstić information content (AvgIpc) is 2.67. The number of benzene rings is 2. The monoisotopic (exact) mass is 388 g/mol. The molecule has 2 aromatic rings. The third kappa shape index (κ3) is 5.31. The van der Waals surface area contributed by atoms with E-state index in [4.69, 9.17) is 16.7 Å². The van der Waals surface area contributed by atoms with Crippen molar-refractivity contribution in [2.24, 2.45) is 0 Å². The lowest BCUT2D eigenvalue weighted by Crippen LogP contribution is -2.42. The van der Waals surface area contributed by atoms with Gasteiger partial charge in [-0.1, -0.05) is 54.1 Å². The van der Waals surface area contributed by atoms with Crippen LogP contribution in [0.5, 0.6) is 0 Å². The Bertz CT molecular complexity index is 826. The lowest BCUT2D eigenvalue weighted by Gasteiger charge is -2.25. The lowest BCUT2D eigenvalue weighted by molar-refractivity contribution is -0.148. The number of nitrogens with one attached hydrogen (secondary N) is 1. The van der Waals surface area contributed by atoms with Gasteiger partial charge in [-0.15, -0.1) is 0 Å². The van der Waals surface area contributed by atoms with Gasteiger partial charge in [-0.05, 0) is 24.6 Å². The molecule has 2 unspecified atom stereocenters. The van der Waals surface area contributed by atoms with E-state index in [1.54, 1.807) is 48.5 Å². The largest absolute Gasteiger partial charge is 0.480 e. The standard InChI is InChI=1S/C20H21ClN2O4/c1-13(20(26)27)23(2)18(24)12-17(14-8-4-3-5-9-14)22-19(25)15-10-6-7-11-16(15)21/h3-11,13,17H,12H2,1-2H3,(H,22,25)(H,26,27). The summed E-state index contributed by atoms with van der Waals surface area (Å²) in [4.78, 5) is 37.4. The highest BCUT2D eigenvalue weighted by molar-refractivity contribution is 6.33. The molecule has 6 nitrogen and oxygen atoms in total. The summed E-state index contributed by atoms with van der Waals surface area (Å²) in [6, 6.07) is 14.1. The number of nitrogens with zero attached hydrogens (tertiary/aromatic N) is 1. The first-order valence-corrected chi connectivity index (χ1v) is 8.78. The molecule has 2 aromatic carbocycles. The van der Waals surface area contributed by atoms with Gasteiger partial charge in [0.05, 0.1) is 23.0 Å². The Kier molecular flexibility index (Phi) is 6.96. The van der Waals surface area contributed by atoms with Gasteiger partial charge in [0.1, 0.15) is 6.04 Å². The number of amides is 2. The van der Waals surface area contributed by atoms with Gasteiger partial charge in [0, 0.05) is 7.05 Å². The molecular formula is C20H21ClN2O4. The highest BCUT2D eigenvalue weighted by Crippen LogP contribution is 2.21. The molecule has 142 valence electrons. The number of hydrogen-bond donors (Lipinski definition) is 2. The van der Waals surface area contributed by atoms with Crippen LogP contribution in [0.25, 0.3) is 0 Å². The molecule has 2 atom stereocenters. The second-order valence-electron chi connectivity index (χ2n) is 6.14. The van der Waals surface area contributed by atoms with Crippen LogP contribution >= 0.6 is 11.6 Å². The van der Waals surface area contributed by atoms with Crippen molar-refractivity contribution >= 4 is 29.4 Å². The summed E-state index contributed by atoms with van der Waals surface area (Å²) in [5.41, 5.74) is 1.04. The minimum atomic E-state index is -1.10. The normalized spacial score (nSPS) is 12.7. The van der Waals surface area contributed by atoms with Crippen molar-refractivity contribution in [1.82, 2.24) is 10.2 Å². The zero-order valence-corrected chi connectivity index (χ0v) is 15.8. The molecule has 0 fully saturated rings. The van der Waals surface area contributed by atoms with E-state index in [1.165, 1.54) is 14.0 Å². The summed E-state index contributed by atoms with van der Waals surface area (Å²) < 4.78 is 0. The number of rotatable bonds is 7. The summed E-state index contributed by atoms with van der Waals surface area (Å²) in [6.07, 6.45) is -0.0751. The number of aliphatic carboxylic acids is 1. The van der Waals surface area contributed by atoms with Gasteiger partial charge in [-0.3, -0.25) is 9.59 Å². The molecule has 0 aliphatic carbocycles. The zero-order valence-electron chi connectivity index (χ0n) is 15.1. The van der Waals surface area contributed by atoms with E-state index in [-0.39, 0.29) is 6.42 Å². The molecule has 0 saturated heterocycles. The highest BCUT2D eigenvalue weighted by atomic mass is 35.5. The fraction of sp³-hybridized carbons (Fsp3) is 0.250. The number of likely N-dealkylation sites (N-methyl/N-ethyl adjacent to an activating group) is 1. The zero-order chi connectivity index (χ0) is 20.0. The van der Waals surface area contributed by atoms with Gasteiger partial charge in [-0.25, -0.2) is 4.79 Å². The maximum absolute atomic E-state index is 12.6. The van der Waals surface area contributed by atoms with Crippen molar-refractivity contribution in [3.63, 3.8) is 0 Å². The molecule has 0 bridgehead atoms. The molecule has 2 amide bonds. The fourth-order valence-electron chi connectivity index (χ4n) is 2.52. The third-order valence-electron chi connectivity index (χ3n) is 4.34. The van der Waals surface area contributed by atoms with Crippen LogP contribution in [-0.2, 0) is 9.59 Å². The Balaban J connectivity index is 2.22. The van der Waals surface area contributed by atoms with Crippen LogP contribution in [0.1, 0.15) is 35.3 Å². The SMILES string of the molecule is CC(C(=O)O)N(C)C(=O)CC(NC(=O)c1ccccc1Cl)c1ccccc1. The Hall–Kier alpha value is -2.86. The van der Waals surface area contributed by atoms with Crippen LogP contribution in [0.2, 0.25) is 5.02 Å².